The van der Waals surface area contributed by atoms with Crippen LogP contribution in [0, 0.1) is 18.3 Å². The molecule has 6 nitrogen and oxygen atoms in total. The summed E-state index contributed by atoms with van der Waals surface area (Å²) in [5.41, 5.74) is 7.01. The van der Waals surface area contributed by atoms with Gasteiger partial charge in [0.25, 0.3) is 0 Å². The third-order valence-corrected chi connectivity index (χ3v) is 8.17. The Morgan fingerprint density at radius 2 is 1.56 bits per heavy atom. The molecule has 1 N–H and O–H groups in total. The van der Waals surface area contributed by atoms with Crippen molar-refractivity contribution in [3.05, 3.63) is 136 Å². The van der Waals surface area contributed by atoms with Gasteiger partial charge >= 0.3 is 0 Å². The first-order valence-electron chi connectivity index (χ1n) is 13.9. The molecule has 0 aliphatic carbocycles. The molecule has 0 saturated carbocycles. The van der Waals surface area contributed by atoms with E-state index in [2.05, 4.69) is 50.7 Å². The average molecular weight is 608 g/mol. The van der Waals surface area contributed by atoms with Crippen molar-refractivity contribution in [2.75, 3.05) is 22.5 Å². The Labute approximate surface area is 259 Å². The summed E-state index contributed by atoms with van der Waals surface area (Å²) in [5, 5.41) is 13.4. The zero-order valence-corrected chi connectivity index (χ0v) is 25.8. The second-order valence-corrected chi connectivity index (χ2v) is 12.0. The highest BCUT2D eigenvalue weighted by atomic mass is 32.2. The van der Waals surface area contributed by atoms with Crippen molar-refractivity contribution in [2.24, 2.45) is 0 Å². The Balaban J connectivity index is 1.29. The molecule has 0 aliphatic rings. The number of ether oxygens (including phenoxy) is 2. The summed E-state index contributed by atoms with van der Waals surface area (Å²) >= 11 is 1.70. The number of hydrogen-bond donors (Lipinski definition) is 1. The van der Waals surface area contributed by atoms with Crippen molar-refractivity contribution in [1.29, 1.82) is 5.26 Å². The standard InChI is InChI=1S/C35H33N3O3S2/c1-26-34(37-43(2)39)7-4-8-35(26)38(23-28-11-9-27(22-36)10-12-28)24-29-13-15-31(16-14-29)41-33-6-3-5-32(21-33)40-19-17-30-18-20-42-25-30/h3-16,18,20-21,25,37H,17,19,23-24H2,1-2H3. The molecule has 0 saturated heterocycles. The lowest BCUT2D eigenvalue weighted by Crippen LogP contribution is -2.23. The minimum atomic E-state index is -1.18. The van der Waals surface area contributed by atoms with E-state index in [9.17, 15) is 9.47 Å². The maximum absolute atomic E-state index is 11.9. The summed E-state index contributed by atoms with van der Waals surface area (Å²) in [6.07, 6.45) is 2.50. The first-order valence-corrected chi connectivity index (χ1v) is 16.4. The zero-order valence-electron chi connectivity index (χ0n) is 24.2. The minimum Gasteiger partial charge on any atom is -0.493 e. The van der Waals surface area contributed by atoms with Crippen molar-refractivity contribution in [3.8, 4) is 23.3 Å². The van der Waals surface area contributed by atoms with Gasteiger partial charge in [-0.15, -0.1) is 0 Å². The van der Waals surface area contributed by atoms with Crippen LogP contribution in [0.15, 0.2) is 108 Å². The van der Waals surface area contributed by atoms with E-state index in [1.165, 1.54) is 5.56 Å². The molecule has 0 amide bonds. The monoisotopic (exact) mass is 607 g/mol. The van der Waals surface area contributed by atoms with Crippen molar-refractivity contribution in [2.45, 2.75) is 26.4 Å². The minimum absolute atomic E-state index is 0.614. The maximum Gasteiger partial charge on any atom is 0.131 e. The summed E-state index contributed by atoms with van der Waals surface area (Å²) in [7, 11) is -1.18. The lowest BCUT2D eigenvalue weighted by atomic mass is 10.1. The number of thiophene rings is 1. The molecule has 1 heterocycles. The second kappa shape index (κ2) is 14.5. The van der Waals surface area contributed by atoms with Crippen LogP contribution in [0.1, 0.15) is 27.8 Å². The highest BCUT2D eigenvalue weighted by Gasteiger charge is 2.14. The molecule has 0 bridgehead atoms. The fourth-order valence-electron chi connectivity index (χ4n) is 4.73. The molecule has 0 aliphatic heterocycles. The molecule has 0 spiro atoms. The zero-order chi connectivity index (χ0) is 30.0. The fraction of sp³-hybridized carbons (Fsp3) is 0.171. The maximum atomic E-state index is 11.9. The van der Waals surface area contributed by atoms with Gasteiger partial charge in [0.15, 0.2) is 0 Å². The largest absolute Gasteiger partial charge is 0.493 e. The Morgan fingerprint density at radius 3 is 2.23 bits per heavy atom. The number of benzene rings is 4. The van der Waals surface area contributed by atoms with Crippen LogP contribution < -0.4 is 19.1 Å². The van der Waals surface area contributed by atoms with Gasteiger partial charge in [-0.1, -0.05) is 36.4 Å². The molecule has 4 aromatic carbocycles. The smallest absolute Gasteiger partial charge is 0.131 e. The van der Waals surface area contributed by atoms with Crippen LogP contribution in [0.3, 0.4) is 0 Å². The van der Waals surface area contributed by atoms with Crippen molar-refractivity contribution in [1.82, 2.24) is 0 Å². The summed E-state index contributed by atoms with van der Waals surface area (Å²) in [6.45, 7) is 3.94. The number of rotatable bonds is 13. The summed E-state index contributed by atoms with van der Waals surface area (Å²) in [5.74, 6) is 2.24. The van der Waals surface area contributed by atoms with Crippen LogP contribution in [0.4, 0.5) is 11.4 Å². The Morgan fingerprint density at radius 1 is 0.860 bits per heavy atom. The summed E-state index contributed by atoms with van der Waals surface area (Å²) in [6, 6.07) is 33.8. The average Bonchev–Trinajstić information content (AvgIpc) is 3.53. The van der Waals surface area contributed by atoms with Gasteiger partial charge in [-0.05, 0) is 94.5 Å². The Bertz CT molecular complexity index is 1700. The van der Waals surface area contributed by atoms with E-state index in [-0.39, 0.29) is 0 Å². The lowest BCUT2D eigenvalue weighted by Gasteiger charge is -2.28. The first kappa shape index (κ1) is 29.9. The highest BCUT2D eigenvalue weighted by Crippen LogP contribution is 2.31. The van der Waals surface area contributed by atoms with Gasteiger partial charge < -0.3 is 19.1 Å². The Kier molecular flexibility index (Phi) is 10.1. The Hall–Kier alpha value is -4.58. The van der Waals surface area contributed by atoms with E-state index in [1.807, 2.05) is 79.7 Å². The van der Waals surface area contributed by atoms with Crippen LogP contribution in [-0.4, -0.2) is 17.1 Å². The normalized spacial score (nSPS) is 11.4. The molecule has 43 heavy (non-hydrogen) atoms. The van der Waals surface area contributed by atoms with Gasteiger partial charge in [0.05, 0.1) is 23.9 Å². The predicted molar refractivity (Wildman–Crippen MR) is 176 cm³/mol. The van der Waals surface area contributed by atoms with Crippen LogP contribution in [0.5, 0.6) is 17.2 Å². The quantitative estimate of drug-likeness (QED) is 0.146. The molecular formula is C35H33N3O3S2. The molecule has 8 heteroatoms. The summed E-state index contributed by atoms with van der Waals surface area (Å²) < 4.78 is 27.0. The van der Waals surface area contributed by atoms with Crippen LogP contribution in [0.2, 0.25) is 0 Å². The van der Waals surface area contributed by atoms with Gasteiger partial charge in [0.2, 0.25) is 0 Å². The number of nitrogens with one attached hydrogen (secondary N) is 1. The molecule has 5 rings (SSSR count). The molecule has 0 fully saturated rings. The van der Waals surface area contributed by atoms with E-state index in [0.717, 1.165) is 51.7 Å². The molecule has 1 atom stereocenters. The second-order valence-electron chi connectivity index (χ2n) is 10.1. The summed E-state index contributed by atoms with van der Waals surface area (Å²) in [4.78, 5) is 2.28. The molecule has 1 aromatic heterocycles. The number of anilines is 2. The number of hydrogen-bond acceptors (Lipinski definition) is 6. The van der Waals surface area contributed by atoms with E-state index < -0.39 is 11.0 Å². The van der Waals surface area contributed by atoms with Gasteiger partial charge in [0.1, 0.15) is 28.2 Å². The van der Waals surface area contributed by atoms with E-state index >= 15 is 0 Å². The fourth-order valence-corrected chi connectivity index (χ4v) is 5.97. The molecule has 5 aromatic rings. The van der Waals surface area contributed by atoms with Gasteiger partial charge in [-0.3, -0.25) is 0 Å². The molecule has 218 valence electrons. The molecular weight excluding hydrogens is 575 g/mol. The third-order valence-electron chi connectivity index (χ3n) is 6.93. The predicted octanol–water partition coefficient (Wildman–Crippen LogP) is 8.25. The number of nitriles is 1. The van der Waals surface area contributed by atoms with Gasteiger partial charge in [0, 0.05) is 37.5 Å². The first-order chi connectivity index (χ1) is 21.0. The van der Waals surface area contributed by atoms with Crippen molar-refractivity contribution < 1.29 is 13.7 Å². The van der Waals surface area contributed by atoms with Crippen molar-refractivity contribution in [3.63, 3.8) is 0 Å². The van der Waals surface area contributed by atoms with Gasteiger partial charge in [-0.25, -0.2) is 4.21 Å². The molecule has 0 radical (unpaired) electrons. The van der Waals surface area contributed by atoms with Crippen LogP contribution in [-0.2, 0) is 30.5 Å². The van der Waals surface area contributed by atoms with E-state index in [1.54, 1.807) is 17.6 Å². The van der Waals surface area contributed by atoms with E-state index in [0.29, 0.717) is 25.3 Å². The van der Waals surface area contributed by atoms with Crippen molar-refractivity contribution >= 4 is 33.7 Å². The topological polar surface area (TPSA) is 74.6 Å². The highest BCUT2D eigenvalue weighted by molar-refractivity contribution is 7.85. The number of nitrogens with zero attached hydrogens (tertiary/aromatic N) is 2. The lowest BCUT2D eigenvalue weighted by molar-refractivity contribution is 0.320. The molecule has 1 unspecified atom stereocenters. The third kappa shape index (κ3) is 8.48. The van der Waals surface area contributed by atoms with E-state index in [4.69, 9.17) is 9.47 Å². The van der Waals surface area contributed by atoms with Gasteiger partial charge in [-0.2, -0.15) is 16.6 Å². The van der Waals surface area contributed by atoms with Crippen LogP contribution in [0.25, 0.3) is 0 Å². The SMILES string of the molecule is Cc1c(NS(C)=O)cccc1N(Cc1ccc(C#N)cc1)Cc1ccc(Oc2cccc(OCCc3ccsc3)c2)cc1. The van der Waals surface area contributed by atoms with Crippen LogP contribution >= 0.6 is 11.3 Å².